The van der Waals surface area contributed by atoms with Crippen molar-refractivity contribution in [3.05, 3.63) is 30.1 Å². The van der Waals surface area contributed by atoms with Crippen molar-refractivity contribution >= 4 is 0 Å². The van der Waals surface area contributed by atoms with E-state index in [1.54, 1.807) is 0 Å². The quantitative estimate of drug-likeness (QED) is 0.836. The van der Waals surface area contributed by atoms with E-state index in [1.165, 1.54) is 44.5 Å². The van der Waals surface area contributed by atoms with Gasteiger partial charge >= 0.3 is 0 Å². The molecule has 0 radical (unpaired) electrons. The minimum atomic E-state index is 0.880. The smallest absolute Gasteiger partial charge is 0.0271 e. The molecule has 100 valence electrons. The molecule has 1 aliphatic heterocycles. The molecule has 18 heavy (non-hydrogen) atoms. The van der Waals surface area contributed by atoms with Crippen LogP contribution >= 0.6 is 0 Å². The molecule has 3 nitrogen and oxygen atoms in total. The molecule has 0 aromatic carbocycles. The molecule has 2 rings (SSSR count). The summed E-state index contributed by atoms with van der Waals surface area (Å²) in [5, 5.41) is 3.50. The number of aromatic nitrogens is 1. The zero-order valence-corrected chi connectivity index (χ0v) is 11.4. The Morgan fingerprint density at radius 3 is 2.89 bits per heavy atom. The number of pyridine rings is 1. The normalized spacial score (nSPS) is 20.2. The summed E-state index contributed by atoms with van der Waals surface area (Å²) in [5.74, 6) is 0.880. The van der Waals surface area contributed by atoms with Crippen LogP contribution in [0.2, 0.25) is 0 Å². The van der Waals surface area contributed by atoms with Crippen molar-refractivity contribution in [1.29, 1.82) is 0 Å². The van der Waals surface area contributed by atoms with Gasteiger partial charge in [0.1, 0.15) is 0 Å². The van der Waals surface area contributed by atoms with Crippen LogP contribution in [0.4, 0.5) is 0 Å². The van der Waals surface area contributed by atoms with Gasteiger partial charge in [-0.3, -0.25) is 9.88 Å². The highest BCUT2D eigenvalue weighted by atomic mass is 15.1. The Bertz CT molecular complexity index is 320. The summed E-state index contributed by atoms with van der Waals surface area (Å²) in [4.78, 5) is 6.60. The van der Waals surface area contributed by atoms with Gasteiger partial charge in [0.15, 0.2) is 0 Å². The number of nitrogens with one attached hydrogen (secondary N) is 1. The largest absolute Gasteiger partial charge is 0.316 e. The Hall–Kier alpha value is -0.930. The van der Waals surface area contributed by atoms with E-state index in [4.69, 9.17) is 0 Å². The van der Waals surface area contributed by atoms with Crippen molar-refractivity contribution < 1.29 is 0 Å². The van der Waals surface area contributed by atoms with Crippen molar-refractivity contribution in [2.45, 2.75) is 32.7 Å². The summed E-state index contributed by atoms with van der Waals surface area (Å²) >= 11 is 0. The summed E-state index contributed by atoms with van der Waals surface area (Å²) in [6.45, 7) is 8.07. The van der Waals surface area contributed by atoms with Gasteiger partial charge in [0.05, 0.1) is 0 Å². The molecule has 0 amide bonds. The first kappa shape index (κ1) is 13.5. The molecular formula is C15H25N3. The first-order valence-corrected chi connectivity index (χ1v) is 7.20. The van der Waals surface area contributed by atoms with Gasteiger partial charge in [-0.2, -0.15) is 0 Å². The van der Waals surface area contributed by atoms with E-state index in [0.717, 1.165) is 19.0 Å². The second-order valence-electron chi connectivity index (χ2n) is 5.23. The highest BCUT2D eigenvalue weighted by Gasteiger charge is 2.14. The first-order valence-electron chi connectivity index (χ1n) is 7.20. The Labute approximate surface area is 111 Å². The lowest BCUT2D eigenvalue weighted by Gasteiger charge is -2.26. The molecule has 1 atom stereocenters. The summed E-state index contributed by atoms with van der Waals surface area (Å²) in [6, 6.07) is 4.23. The first-order chi connectivity index (χ1) is 8.88. The molecule has 2 heterocycles. The van der Waals surface area contributed by atoms with Crippen LogP contribution in [0.5, 0.6) is 0 Å². The van der Waals surface area contributed by atoms with Crippen molar-refractivity contribution in [3.63, 3.8) is 0 Å². The van der Waals surface area contributed by atoms with Crippen molar-refractivity contribution in [2.24, 2.45) is 5.92 Å². The third-order valence-electron chi connectivity index (χ3n) is 3.86. The number of hydrogen-bond donors (Lipinski definition) is 1. The van der Waals surface area contributed by atoms with Crippen LogP contribution in [0, 0.1) is 5.92 Å². The van der Waals surface area contributed by atoms with Gasteiger partial charge in [0.2, 0.25) is 0 Å². The Kier molecular flexibility index (Phi) is 5.62. The molecule has 1 N–H and O–H groups in total. The van der Waals surface area contributed by atoms with Crippen molar-refractivity contribution in [2.75, 3.05) is 26.2 Å². The van der Waals surface area contributed by atoms with Gasteiger partial charge in [0.25, 0.3) is 0 Å². The zero-order chi connectivity index (χ0) is 12.6. The average molecular weight is 247 g/mol. The summed E-state index contributed by atoms with van der Waals surface area (Å²) in [5.41, 5.74) is 1.37. The fraction of sp³-hybridized carbons (Fsp3) is 0.667. The Morgan fingerprint density at radius 1 is 1.39 bits per heavy atom. The predicted molar refractivity (Wildman–Crippen MR) is 75.4 cm³/mol. The highest BCUT2D eigenvalue weighted by molar-refractivity contribution is 5.09. The molecule has 0 aliphatic carbocycles. The minimum absolute atomic E-state index is 0.880. The summed E-state index contributed by atoms with van der Waals surface area (Å²) in [6.07, 6.45) is 7.84. The van der Waals surface area contributed by atoms with Gasteiger partial charge in [-0.1, -0.05) is 6.92 Å². The standard InChI is InChI=1S/C15H25N3/c1-2-18(13-15-5-9-16-10-6-15)11-7-14-4-3-8-17-12-14/h5-6,9-10,14,17H,2-4,7-8,11-13H2,1H3/t14-/m0/s1. The Balaban J connectivity index is 1.75. The van der Waals surface area contributed by atoms with Crippen LogP contribution in [-0.2, 0) is 6.54 Å². The molecule has 1 aliphatic rings. The van der Waals surface area contributed by atoms with E-state index < -0.39 is 0 Å². The fourth-order valence-electron chi connectivity index (χ4n) is 2.63. The third-order valence-corrected chi connectivity index (χ3v) is 3.86. The third kappa shape index (κ3) is 4.39. The van der Waals surface area contributed by atoms with Gasteiger partial charge in [0, 0.05) is 18.9 Å². The summed E-state index contributed by atoms with van der Waals surface area (Å²) < 4.78 is 0. The maximum Gasteiger partial charge on any atom is 0.0271 e. The van der Waals surface area contributed by atoms with E-state index in [9.17, 15) is 0 Å². The molecule has 1 aromatic heterocycles. The Morgan fingerprint density at radius 2 is 2.22 bits per heavy atom. The van der Waals surface area contributed by atoms with E-state index in [1.807, 2.05) is 12.4 Å². The van der Waals surface area contributed by atoms with E-state index in [-0.39, 0.29) is 0 Å². The number of piperidine rings is 1. The van der Waals surface area contributed by atoms with Crippen LogP contribution in [0.15, 0.2) is 24.5 Å². The van der Waals surface area contributed by atoms with Gasteiger partial charge < -0.3 is 5.32 Å². The highest BCUT2D eigenvalue weighted by Crippen LogP contribution is 2.15. The molecule has 0 saturated carbocycles. The van der Waals surface area contributed by atoms with Crippen molar-refractivity contribution in [1.82, 2.24) is 15.2 Å². The zero-order valence-electron chi connectivity index (χ0n) is 11.4. The number of rotatable bonds is 6. The lowest BCUT2D eigenvalue weighted by Crippen LogP contribution is -2.33. The second kappa shape index (κ2) is 7.49. The van der Waals surface area contributed by atoms with Crippen LogP contribution in [-0.4, -0.2) is 36.1 Å². The monoisotopic (exact) mass is 247 g/mol. The SMILES string of the molecule is CCN(CC[C@@H]1CCCNC1)Cc1ccncc1. The average Bonchev–Trinajstić information content (AvgIpc) is 2.45. The lowest BCUT2D eigenvalue weighted by molar-refractivity contribution is 0.239. The van der Waals surface area contributed by atoms with Crippen LogP contribution in [0.25, 0.3) is 0 Å². The lowest BCUT2D eigenvalue weighted by atomic mass is 9.96. The van der Waals surface area contributed by atoms with Gasteiger partial charge in [-0.05, 0) is 69.1 Å². The number of nitrogens with zero attached hydrogens (tertiary/aromatic N) is 2. The molecule has 1 fully saturated rings. The van der Waals surface area contributed by atoms with Gasteiger partial charge in [-0.15, -0.1) is 0 Å². The van der Waals surface area contributed by atoms with E-state index in [2.05, 4.69) is 34.3 Å². The molecule has 0 bridgehead atoms. The topological polar surface area (TPSA) is 28.2 Å². The van der Waals surface area contributed by atoms with Gasteiger partial charge in [-0.25, -0.2) is 0 Å². The minimum Gasteiger partial charge on any atom is -0.316 e. The molecule has 3 heteroatoms. The van der Waals surface area contributed by atoms with E-state index >= 15 is 0 Å². The molecule has 0 spiro atoms. The van der Waals surface area contributed by atoms with Crippen LogP contribution in [0.1, 0.15) is 31.7 Å². The fourth-order valence-corrected chi connectivity index (χ4v) is 2.63. The van der Waals surface area contributed by atoms with Crippen LogP contribution < -0.4 is 5.32 Å². The molecule has 1 saturated heterocycles. The van der Waals surface area contributed by atoms with E-state index in [0.29, 0.717) is 0 Å². The molecule has 1 aromatic rings. The summed E-state index contributed by atoms with van der Waals surface area (Å²) in [7, 11) is 0. The molecule has 0 unspecified atom stereocenters. The number of hydrogen-bond acceptors (Lipinski definition) is 3. The maximum atomic E-state index is 4.07. The van der Waals surface area contributed by atoms with Crippen molar-refractivity contribution in [3.8, 4) is 0 Å². The second-order valence-corrected chi connectivity index (χ2v) is 5.23. The predicted octanol–water partition coefficient (Wildman–Crippen LogP) is 2.29. The molecular weight excluding hydrogens is 222 g/mol. The maximum absolute atomic E-state index is 4.07. The van der Waals surface area contributed by atoms with Crippen LogP contribution in [0.3, 0.4) is 0 Å².